The van der Waals surface area contributed by atoms with Crippen molar-refractivity contribution in [2.45, 2.75) is 34.2 Å². The molecule has 0 saturated carbocycles. The Labute approximate surface area is 157 Å². The van der Waals surface area contributed by atoms with E-state index in [-0.39, 0.29) is 5.91 Å². The van der Waals surface area contributed by atoms with E-state index in [0.29, 0.717) is 39.2 Å². The fraction of sp³-hybridized carbons (Fsp3) is 0.316. The first kappa shape index (κ1) is 18.2. The Bertz CT molecular complexity index is 943. The number of nitrogens with one attached hydrogen (secondary N) is 1. The molecule has 6 nitrogen and oxygen atoms in total. The van der Waals surface area contributed by atoms with Crippen LogP contribution >= 0.6 is 11.6 Å². The summed E-state index contributed by atoms with van der Waals surface area (Å²) in [6.07, 6.45) is 1.66. The fourth-order valence-corrected chi connectivity index (χ4v) is 2.99. The van der Waals surface area contributed by atoms with E-state index in [9.17, 15) is 4.79 Å². The molecule has 1 amide bonds. The Kier molecular flexibility index (Phi) is 5.13. The second-order valence-electron chi connectivity index (χ2n) is 6.62. The number of nitrogens with zero attached hydrogens (tertiary/aromatic N) is 3. The summed E-state index contributed by atoms with van der Waals surface area (Å²) in [7, 11) is 0. The molecule has 0 bridgehead atoms. The van der Waals surface area contributed by atoms with Crippen molar-refractivity contribution in [2.75, 3.05) is 5.32 Å². The van der Waals surface area contributed by atoms with Gasteiger partial charge in [-0.05, 0) is 25.8 Å². The first-order valence-corrected chi connectivity index (χ1v) is 8.81. The van der Waals surface area contributed by atoms with Gasteiger partial charge in [0.2, 0.25) is 0 Å². The van der Waals surface area contributed by atoms with Crippen molar-refractivity contribution in [1.82, 2.24) is 14.9 Å². The van der Waals surface area contributed by atoms with Crippen molar-refractivity contribution in [3.8, 4) is 11.3 Å². The second kappa shape index (κ2) is 7.33. The van der Waals surface area contributed by atoms with Gasteiger partial charge in [0.1, 0.15) is 17.0 Å². The lowest BCUT2D eigenvalue weighted by atomic mass is 10.1. The number of hydrogen-bond acceptors (Lipinski definition) is 4. The van der Waals surface area contributed by atoms with Crippen molar-refractivity contribution >= 4 is 23.2 Å². The average molecular weight is 373 g/mol. The van der Waals surface area contributed by atoms with E-state index in [1.807, 2.05) is 29.8 Å². The van der Waals surface area contributed by atoms with Crippen LogP contribution in [0.15, 0.2) is 35.0 Å². The lowest BCUT2D eigenvalue weighted by Crippen LogP contribution is -2.14. The number of benzene rings is 1. The summed E-state index contributed by atoms with van der Waals surface area (Å²) < 4.78 is 7.15. The van der Waals surface area contributed by atoms with Crippen molar-refractivity contribution in [3.63, 3.8) is 0 Å². The van der Waals surface area contributed by atoms with Gasteiger partial charge in [-0.3, -0.25) is 9.48 Å². The van der Waals surface area contributed by atoms with E-state index < -0.39 is 0 Å². The molecule has 3 rings (SSSR count). The van der Waals surface area contributed by atoms with Crippen LogP contribution in [0.2, 0.25) is 5.02 Å². The Morgan fingerprint density at radius 1 is 1.31 bits per heavy atom. The van der Waals surface area contributed by atoms with E-state index in [0.717, 1.165) is 12.2 Å². The quantitative estimate of drug-likeness (QED) is 0.703. The van der Waals surface area contributed by atoms with Gasteiger partial charge in [-0.1, -0.05) is 48.8 Å². The number of aryl methyl sites for hydroxylation is 1. The third-order valence-corrected chi connectivity index (χ3v) is 4.44. The van der Waals surface area contributed by atoms with Crippen molar-refractivity contribution < 1.29 is 9.32 Å². The van der Waals surface area contributed by atoms with Crippen LogP contribution in [0.4, 0.5) is 5.69 Å². The summed E-state index contributed by atoms with van der Waals surface area (Å²) in [4.78, 5) is 12.9. The third kappa shape index (κ3) is 3.51. The Morgan fingerprint density at radius 3 is 2.73 bits per heavy atom. The smallest absolute Gasteiger partial charge is 0.261 e. The highest BCUT2D eigenvalue weighted by atomic mass is 35.5. The third-order valence-electron chi connectivity index (χ3n) is 4.11. The molecule has 2 heterocycles. The molecule has 0 spiro atoms. The first-order chi connectivity index (χ1) is 12.4. The van der Waals surface area contributed by atoms with Gasteiger partial charge in [0, 0.05) is 12.1 Å². The molecule has 7 heteroatoms. The standard InChI is InChI=1S/C19H21ClN4O2/c1-11(2)10-24-12(3)16(9-21-24)22-19(25)17-13(4)26-23-18(17)14-7-5-6-8-15(14)20/h5-9,11H,10H2,1-4H3,(H,22,25). The van der Waals surface area contributed by atoms with Crippen molar-refractivity contribution in [2.24, 2.45) is 5.92 Å². The minimum atomic E-state index is -0.300. The number of hydrogen-bond donors (Lipinski definition) is 1. The maximum absolute atomic E-state index is 12.9. The molecule has 1 aromatic carbocycles. The van der Waals surface area contributed by atoms with Gasteiger partial charge in [-0.25, -0.2) is 0 Å². The summed E-state index contributed by atoms with van der Waals surface area (Å²) in [5.74, 6) is 0.597. The molecule has 0 atom stereocenters. The molecular weight excluding hydrogens is 352 g/mol. The van der Waals surface area contributed by atoms with Crippen LogP contribution in [-0.4, -0.2) is 20.8 Å². The van der Waals surface area contributed by atoms with Gasteiger partial charge >= 0.3 is 0 Å². The summed E-state index contributed by atoms with van der Waals surface area (Å²) in [6, 6.07) is 7.23. The predicted molar refractivity (Wildman–Crippen MR) is 101 cm³/mol. The molecule has 0 aliphatic rings. The molecule has 0 radical (unpaired) electrons. The van der Waals surface area contributed by atoms with Gasteiger partial charge in [-0.2, -0.15) is 5.10 Å². The SMILES string of the molecule is Cc1onc(-c2ccccc2Cl)c1C(=O)Nc1cnn(CC(C)C)c1C. The van der Waals surface area contributed by atoms with Crippen molar-refractivity contribution in [3.05, 3.63) is 52.5 Å². The maximum atomic E-state index is 12.9. The van der Waals surface area contributed by atoms with E-state index >= 15 is 0 Å². The molecule has 26 heavy (non-hydrogen) atoms. The molecule has 0 aliphatic heterocycles. The van der Waals surface area contributed by atoms with E-state index in [2.05, 4.69) is 29.4 Å². The highest BCUT2D eigenvalue weighted by molar-refractivity contribution is 6.33. The van der Waals surface area contributed by atoms with Crippen LogP contribution in [0.1, 0.15) is 35.7 Å². The van der Waals surface area contributed by atoms with E-state index in [4.69, 9.17) is 16.1 Å². The molecule has 136 valence electrons. The highest BCUT2D eigenvalue weighted by Crippen LogP contribution is 2.31. The van der Waals surface area contributed by atoms with Gasteiger partial charge in [0.15, 0.2) is 0 Å². The number of rotatable bonds is 5. The Balaban J connectivity index is 1.91. The number of amides is 1. The highest BCUT2D eigenvalue weighted by Gasteiger charge is 2.24. The number of carbonyl (C=O) groups is 1. The van der Waals surface area contributed by atoms with Gasteiger partial charge in [-0.15, -0.1) is 0 Å². The van der Waals surface area contributed by atoms with Crippen LogP contribution < -0.4 is 5.32 Å². The Morgan fingerprint density at radius 2 is 2.04 bits per heavy atom. The molecule has 3 aromatic rings. The summed E-state index contributed by atoms with van der Waals surface area (Å²) in [5.41, 5.74) is 3.03. The predicted octanol–water partition coefficient (Wildman–Crippen LogP) is 4.72. The number of anilines is 1. The van der Waals surface area contributed by atoms with E-state index in [1.54, 1.807) is 19.2 Å². The van der Waals surface area contributed by atoms with Gasteiger partial charge in [0.05, 0.1) is 22.6 Å². The monoisotopic (exact) mass is 372 g/mol. The zero-order valence-corrected chi connectivity index (χ0v) is 16.0. The molecule has 1 N–H and O–H groups in total. The largest absolute Gasteiger partial charge is 0.360 e. The average Bonchev–Trinajstić information content (AvgIpc) is 3.12. The number of halogens is 1. The van der Waals surface area contributed by atoms with Crippen LogP contribution in [0.25, 0.3) is 11.3 Å². The molecule has 2 aromatic heterocycles. The number of carbonyl (C=O) groups excluding carboxylic acids is 1. The fourth-order valence-electron chi connectivity index (χ4n) is 2.76. The van der Waals surface area contributed by atoms with Crippen LogP contribution in [0.3, 0.4) is 0 Å². The minimum absolute atomic E-state index is 0.300. The zero-order valence-electron chi connectivity index (χ0n) is 15.2. The zero-order chi connectivity index (χ0) is 18.8. The molecule has 0 aliphatic carbocycles. The summed E-state index contributed by atoms with van der Waals surface area (Å²) in [6.45, 7) is 8.67. The van der Waals surface area contributed by atoms with Crippen LogP contribution in [0.5, 0.6) is 0 Å². The maximum Gasteiger partial charge on any atom is 0.261 e. The lowest BCUT2D eigenvalue weighted by Gasteiger charge is -2.09. The normalized spacial score (nSPS) is 11.2. The lowest BCUT2D eigenvalue weighted by molar-refractivity contribution is 0.102. The summed E-state index contributed by atoms with van der Waals surface area (Å²) in [5, 5.41) is 11.8. The molecule has 0 fully saturated rings. The minimum Gasteiger partial charge on any atom is -0.360 e. The molecule has 0 saturated heterocycles. The second-order valence-corrected chi connectivity index (χ2v) is 7.02. The van der Waals surface area contributed by atoms with Gasteiger partial charge < -0.3 is 9.84 Å². The van der Waals surface area contributed by atoms with Gasteiger partial charge in [0.25, 0.3) is 5.91 Å². The van der Waals surface area contributed by atoms with Crippen LogP contribution in [0, 0.1) is 19.8 Å². The van der Waals surface area contributed by atoms with Crippen molar-refractivity contribution in [1.29, 1.82) is 0 Å². The first-order valence-electron chi connectivity index (χ1n) is 8.43. The summed E-state index contributed by atoms with van der Waals surface area (Å²) >= 11 is 6.26. The van der Waals surface area contributed by atoms with Crippen LogP contribution in [-0.2, 0) is 6.54 Å². The molecular formula is C19H21ClN4O2. The van der Waals surface area contributed by atoms with E-state index in [1.165, 1.54) is 0 Å². The number of aromatic nitrogens is 3. The Hall–Kier alpha value is -2.60. The molecule has 0 unspecified atom stereocenters. The topological polar surface area (TPSA) is 73.0 Å².